The number of aromatic nitrogens is 1. The van der Waals surface area contributed by atoms with Gasteiger partial charge in [-0.1, -0.05) is 12.0 Å². The molecule has 8 nitrogen and oxygen atoms in total. The second kappa shape index (κ2) is 10.1. The molecule has 1 fully saturated rings. The Morgan fingerprint density at radius 3 is 2.83 bits per heavy atom. The van der Waals surface area contributed by atoms with Gasteiger partial charge >= 0.3 is 11.9 Å². The van der Waals surface area contributed by atoms with Crippen LogP contribution < -0.4 is 5.32 Å². The van der Waals surface area contributed by atoms with Crippen LogP contribution in [0.15, 0.2) is 46.0 Å². The number of aliphatic carboxylic acids is 1. The summed E-state index contributed by atoms with van der Waals surface area (Å²) in [7, 11) is 0. The molecule has 1 aromatic carbocycles. The molecule has 0 radical (unpaired) electrons. The molecule has 2 atom stereocenters. The van der Waals surface area contributed by atoms with E-state index >= 15 is 0 Å². The summed E-state index contributed by atoms with van der Waals surface area (Å²) < 4.78 is 47.5. The fourth-order valence-electron chi connectivity index (χ4n) is 4.23. The third kappa shape index (κ3) is 5.12. The summed E-state index contributed by atoms with van der Waals surface area (Å²) >= 11 is 1.24. The number of hydrogen-bond donors (Lipinski definition) is 2. The molecule has 2 aliphatic rings. The predicted octanol–water partition coefficient (Wildman–Crippen LogP) is 2.97. The first-order valence-corrected chi connectivity index (χ1v) is 11.8. The lowest BCUT2D eigenvalue weighted by atomic mass is 9.92. The number of alkyl halides is 2. The third-order valence-corrected chi connectivity index (χ3v) is 6.51. The number of hydrogen-bond acceptors (Lipinski definition) is 8. The van der Waals surface area contributed by atoms with E-state index in [9.17, 15) is 27.9 Å². The Hall–Kier alpha value is -3.69. The monoisotopic (exact) mass is 518 g/mol. The van der Waals surface area contributed by atoms with Crippen molar-refractivity contribution >= 4 is 29.1 Å². The van der Waals surface area contributed by atoms with Crippen molar-refractivity contribution in [3.63, 3.8) is 0 Å². The number of ether oxygens (including phenoxy) is 1. The second-order valence-corrected chi connectivity index (χ2v) is 9.04. The van der Waals surface area contributed by atoms with Crippen molar-refractivity contribution in [1.29, 1.82) is 0 Å². The van der Waals surface area contributed by atoms with Crippen LogP contribution in [0.3, 0.4) is 0 Å². The highest BCUT2D eigenvalue weighted by atomic mass is 32.1. The molecule has 2 aliphatic heterocycles. The zero-order chi connectivity index (χ0) is 26.0. The molecule has 12 heteroatoms. The number of thiazole rings is 1. The van der Waals surface area contributed by atoms with Gasteiger partial charge in [0.15, 0.2) is 10.8 Å². The maximum Gasteiger partial charge on any atom is 0.338 e. The van der Waals surface area contributed by atoms with E-state index in [1.54, 1.807) is 12.3 Å². The zero-order valence-corrected chi connectivity index (χ0v) is 19.8. The summed E-state index contributed by atoms with van der Waals surface area (Å²) in [6, 6.07) is 1.13. The van der Waals surface area contributed by atoms with E-state index in [0.717, 1.165) is 11.0 Å². The normalized spacial score (nSPS) is 21.5. The minimum Gasteiger partial charge on any atom is -0.480 e. The number of halogens is 3. The zero-order valence-electron chi connectivity index (χ0n) is 19.0. The Bertz CT molecular complexity index is 1290. The topological polar surface area (TPSA) is 104 Å². The Labute approximate surface area is 208 Å². The Morgan fingerprint density at radius 1 is 1.42 bits per heavy atom. The van der Waals surface area contributed by atoms with Gasteiger partial charge in [-0.25, -0.2) is 22.9 Å². The quantitative estimate of drug-likeness (QED) is 0.429. The van der Waals surface area contributed by atoms with Gasteiger partial charge in [-0.3, -0.25) is 14.7 Å². The summed E-state index contributed by atoms with van der Waals surface area (Å²) in [6.07, 6.45) is 6.28. The number of esters is 1. The van der Waals surface area contributed by atoms with E-state index < -0.39 is 48.7 Å². The lowest BCUT2D eigenvalue weighted by Crippen LogP contribution is -2.43. The minimum atomic E-state index is -3.22. The maximum absolute atomic E-state index is 14.2. The molecule has 1 aromatic heterocycles. The lowest BCUT2D eigenvalue weighted by Gasteiger charge is -2.30. The van der Waals surface area contributed by atoms with Crippen LogP contribution in [0.1, 0.15) is 35.5 Å². The van der Waals surface area contributed by atoms with E-state index in [1.807, 2.05) is 0 Å². The molecule has 1 saturated heterocycles. The number of carbonyl (C=O) groups is 2. The number of terminal acetylenes is 1. The summed E-state index contributed by atoms with van der Waals surface area (Å²) in [5, 5.41) is 14.7. The van der Waals surface area contributed by atoms with Gasteiger partial charge in [0.1, 0.15) is 17.9 Å². The fraction of sp³-hybridized carbons (Fsp3) is 0.333. The molecule has 2 N–H and O–H groups in total. The van der Waals surface area contributed by atoms with Gasteiger partial charge in [-0.05, 0) is 24.6 Å². The summed E-state index contributed by atoms with van der Waals surface area (Å²) in [5.41, 5.74) is 0.535. The number of benzene rings is 1. The van der Waals surface area contributed by atoms with E-state index in [2.05, 4.69) is 21.2 Å². The molecular weight excluding hydrogens is 497 g/mol. The van der Waals surface area contributed by atoms with E-state index in [1.165, 1.54) is 29.7 Å². The van der Waals surface area contributed by atoms with Gasteiger partial charge in [0.05, 0.1) is 18.7 Å². The SMILES string of the molecule is C#Cc1cc(F)ccc1[C@@H]1N=C(c2nccs2)NC(CN2CC(F)(F)C[C@H]2C(=O)O)=C1C(=O)OCC. The number of carbonyl (C=O) groups excluding carboxylic acids is 1. The van der Waals surface area contributed by atoms with Crippen molar-refractivity contribution in [2.75, 3.05) is 19.7 Å². The number of carboxylic acids is 1. The van der Waals surface area contributed by atoms with Crippen LogP contribution >= 0.6 is 11.3 Å². The van der Waals surface area contributed by atoms with E-state index in [-0.39, 0.29) is 35.8 Å². The molecule has 0 bridgehead atoms. The second-order valence-electron chi connectivity index (χ2n) is 8.15. The molecule has 0 amide bonds. The molecule has 3 heterocycles. The summed E-state index contributed by atoms with van der Waals surface area (Å²) in [6.45, 7) is 0.455. The van der Waals surface area contributed by atoms with Gasteiger partial charge in [-0.2, -0.15) is 0 Å². The third-order valence-electron chi connectivity index (χ3n) is 5.74. The Kier molecular flexibility index (Phi) is 7.14. The van der Waals surface area contributed by atoms with Crippen LogP contribution in [0.25, 0.3) is 0 Å². The van der Waals surface area contributed by atoms with Gasteiger partial charge in [0.25, 0.3) is 5.92 Å². The molecule has 36 heavy (non-hydrogen) atoms. The van der Waals surface area contributed by atoms with Gasteiger partial charge < -0.3 is 15.2 Å². The van der Waals surface area contributed by atoms with Crippen LogP contribution in [-0.2, 0) is 14.3 Å². The number of likely N-dealkylation sites (tertiary alicyclic amines) is 1. The highest BCUT2D eigenvalue weighted by molar-refractivity contribution is 7.11. The number of nitrogens with zero attached hydrogens (tertiary/aromatic N) is 3. The van der Waals surface area contributed by atoms with Gasteiger partial charge in [0.2, 0.25) is 0 Å². The number of nitrogens with one attached hydrogen (secondary N) is 1. The molecule has 0 aliphatic carbocycles. The highest BCUT2D eigenvalue weighted by Crippen LogP contribution is 2.37. The average Bonchev–Trinajstić information content (AvgIpc) is 3.46. The number of rotatable bonds is 7. The molecule has 0 saturated carbocycles. The Morgan fingerprint density at radius 2 is 2.19 bits per heavy atom. The van der Waals surface area contributed by atoms with E-state index in [4.69, 9.17) is 11.2 Å². The van der Waals surface area contributed by atoms with Gasteiger partial charge in [-0.15, -0.1) is 17.8 Å². The summed E-state index contributed by atoms with van der Waals surface area (Å²) in [5.74, 6) is -3.39. The van der Waals surface area contributed by atoms with Crippen molar-refractivity contribution in [1.82, 2.24) is 15.2 Å². The molecule has 188 valence electrons. The largest absolute Gasteiger partial charge is 0.480 e. The smallest absolute Gasteiger partial charge is 0.338 e. The minimum absolute atomic E-state index is 0.0103. The van der Waals surface area contributed by atoms with Crippen LogP contribution in [0, 0.1) is 18.2 Å². The maximum atomic E-state index is 14.2. The molecule has 0 spiro atoms. The molecule has 2 aromatic rings. The molecule has 0 unspecified atom stereocenters. The first kappa shape index (κ1) is 25.4. The van der Waals surface area contributed by atoms with Crippen LogP contribution in [0.2, 0.25) is 0 Å². The average molecular weight is 519 g/mol. The van der Waals surface area contributed by atoms with Crippen LogP contribution in [0.4, 0.5) is 13.2 Å². The first-order chi connectivity index (χ1) is 17.1. The van der Waals surface area contributed by atoms with Crippen molar-refractivity contribution < 1.29 is 32.6 Å². The van der Waals surface area contributed by atoms with Crippen molar-refractivity contribution in [2.45, 2.75) is 31.4 Å². The van der Waals surface area contributed by atoms with Crippen molar-refractivity contribution in [2.24, 2.45) is 4.99 Å². The fourth-order valence-corrected chi connectivity index (χ4v) is 4.82. The van der Waals surface area contributed by atoms with Gasteiger partial charge in [0, 0.05) is 35.8 Å². The lowest BCUT2D eigenvalue weighted by molar-refractivity contribution is -0.142. The predicted molar refractivity (Wildman–Crippen MR) is 125 cm³/mol. The summed E-state index contributed by atoms with van der Waals surface area (Å²) in [4.78, 5) is 34.8. The van der Waals surface area contributed by atoms with Crippen molar-refractivity contribution in [3.8, 4) is 12.3 Å². The highest BCUT2D eigenvalue weighted by Gasteiger charge is 2.49. The number of carboxylic acid groups (broad SMARTS) is 1. The van der Waals surface area contributed by atoms with E-state index in [0.29, 0.717) is 10.6 Å². The van der Waals surface area contributed by atoms with Crippen LogP contribution in [0.5, 0.6) is 0 Å². The van der Waals surface area contributed by atoms with Crippen molar-refractivity contribution in [3.05, 3.63) is 63.0 Å². The van der Waals surface area contributed by atoms with Crippen LogP contribution in [-0.4, -0.2) is 64.4 Å². The number of aliphatic imine (C=N–C) groups is 1. The number of amidine groups is 1. The standard InChI is InChI=1S/C24H21F3N4O4S/c1-3-13-9-14(25)5-6-15(13)19-18(23(34)35-4-2)16(29-20(30-19)21-28-7-8-36-21)11-31-12-24(26,27)10-17(31)22(32)33/h1,5-9,17,19H,4,10-12H2,2H3,(H,29,30)(H,32,33)/t17-,19-/m0/s1. The first-order valence-electron chi connectivity index (χ1n) is 10.9. The molecular formula is C24H21F3N4O4S. The Balaban J connectivity index is 1.87. The molecule has 4 rings (SSSR count).